The van der Waals surface area contributed by atoms with Crippen molar-refractivity contribution >= 4 is 5.52 Å². The molecular weight excluding hydrogens is 130 g/mol. The molecule has 0 aliphatic carbocycles. The Morgan fingerprint density at radius 3 is 3.20 bits per heavy atom. The number of hydrogen-bond acceptors (Lipinski definition) is 3. The second-order valence-corrected chi connectivity index (χ2v) is 1.97. The third-order valence-corrected chi connectivity index (χ3v) is 1.28. The molecule has 0 aliphatic rings. The molecule has 0 amide bonds. The van der Waals surface area contributed by atoms with Crippen LogP contribution in [0.2, 0.25) is 0 Å². The molecule has 10 heavy (non-hydrogen) atoms. The summed E-state index contributed by atoms with van der Waals surface area (Å²) in [6, 6.07) is 0. The molecule has 0 unspecified atom stereocenters. The van der Waals surface area contributed by atoms with Gasteiger partial charge < -0.3 is 5.11 Å². The molecule has 0 saturated carbocycles. The van der Waals surface area contributed by atoms with Gasteiger partial charge in [0.2, 0.25) is 5.88 Å². The second kappa shape index (κ2) is 1.70. The molecule has 2 aromatic rings. The van der Waals surface area contributed by atoms with E-state index in [4.69, 9.17) is 5.11 Å². The maximum atomic E-state index is 8.89. The molecule has 0 bridgehead atoms. The van der Waals surface area contributed by atoms with Crippen molar-refractivity contribution in [3.63, 3.8) is 0 Å². The van der Waals surface area contributed by atoms with Gasteiger partial charge in [-0.25, -0.2) is 9.97 Å². The zero-order valence-corrected chi connectivity index (χ0v) is 5.10. The van der Waals surface area contributed by atoms with Crippen molar-refractivity contribution in [2.45, 2.75) is 0 Å². The summed E-state index contributed by atoms with van der Waals surface area (Å²) >= 11 is 0. The molecule has 1 N–H and O–H groups in total. The van der Waals surface area contributed by atoms with E-state index in [1.165, 1.54) is 6.20 Å². The van der Waals surface area contributed by atoms with E-state index in [2.05, 4.69) is 9.97 Å². The first kappa shape index (κ1) is 5.22. The van der Waals surface area contributed by atoms with Crippen LogP contribution in [0.15, 0.2) is 24.9 Å². The van der Waals surface area contributed by atoms with Gasteiger partial charge >= 0.3 is 0 Å². The molecule has 0 atom stereocenters. The summed E-state index contributed by atoms with van der Waals surface area (Å²) < 4.78 is 1.70. The predicted molar refractivity (Wildman–Crippen MR) is 34.7 cm³/mol. The standard InChI is InChI=1S/C6H5N3O/c10-6-3-9-4-7-1-5(9)2-8-6/h1-4,10H. The first-order valence-corrected chi connectivity index (χ1v) is 2.83. The van der Waals surface area contributed by atoms with Gasteiger partial charge in [0.25, 0.3) is 0 Å². The lowest BCUT2D eigenvalue weighted by Gasteiger charge is -1.91. The quantitative estimate of drug-likeness (QED) is 0.570. The lowest BCUT2D eigenvalue weighted by atomic mass is 10.6. The van der Waals surface area contributed by atoms with Gasteiger partial charge in [-0.05, 0) is 0 Å². The van der Waals surface area contributed by atoms with Crippen molar-refractivity contribution in [1.82, 2.24) is 14.4 Å². The highest BCUT2D eigenvalue weighted by Gasteiger charge is 1.92. The minimum Gasteiger partial charge on any atom is -0.492 e. The van der Waals surface area contributed by atoms with Crippen LogP contribution in [0.4, 0.5) is 0 Å². The molecule has 4 nitrogen and oxygen atoms in total. The molecule has 2 heterocycles. The molecule has 0 fully saturated rings. The Hall–Kier alpha value is -1.58. The van der Waals surface area contributed by atoms with E-state index in [-0.39, 0.29) is 5.88 Å². The van der Waals surface area contributed by atoms with Gasteiger partial charge in [0.1, 0.15) is 0 Å². The maximum Gasteiger partial charge on any atom is 0.228 e. The number of hydrogen-bond donors (Lipinski definition) is 1. The second-order valence-electron chi connectivity index (χ2n) is 1.97. The first-order valence-electron chi connectivity index (χ1n) is 2.83. The maximum absolute atomic E-state index is 8.89. The van der Waals surface area contributed by atoms with Crippen molar-refractivity contribution in [3.8, 4) is 5.88 Å². The summed E-state index contributed by atoms with van der Waals surface area (Å²) in [5, 5.41) is 8.89. The van der Waals surface area contributed by atoms with Crippen LogP contribution in [0.3, 0.4) is 0 Å². The summed E-state index contributed by atoms with van der Waals surface area (Å²) in [5.74, 6) is 0.00509. The van der Waals surface area contributed by atoms with Crippen molar-refractivity contribution in [1.29, 1.82) is 0 Å². The Kier molecular flexibility index (Phi) is 0.887. The van der Waals surface area contributed by atoms with E-state index in [9.17, 15) is 0 Å². The number of aromatic hydroxyl groups is 1. The smallest absolute Gasteiger partial charge is 0.228 e. The van der Waals surface area contributed by atoms with E-state index in [0.29, 0.717) is 0 Å². The molecule has 2 aromatic heterocycles. The van der Waals surface area contributed by atoms with Gasteiger partial charge in [0, 0.05) is 0 Å². The summed E-state index contributed by atoms with van der Waals surface area (Å²) in [7, 11) is 0. The lowest BCUT2D eigenvalue weighted by Crippen LogP contribution is -1.82. The largest absolute Gasteiger partial charge is 0.492 e. The van der Waals surface area contributed by atoms with Crippen LogP contribution >= 0.6 is 0 Å². The fourth-order valence-corrected chi connectivity index (χ4v) is 0.813. The minimum absolute atomic E-state index is 0.00509. The van der Waals surface area contributed by atoms with Gasteiger partial charge in [0.15, 0.2) is 0 Å². The van der Waals surface area contributed by atoms with Crippen LogP contribution in [-0.2, 0) is 0 Å². The van der Waals surface area contributed by atoms with Gasteiger partial charge in [-0.3, -0.25) is 4.40 Å². The summed E-state index contributed by atoms with van der Waals surface area (Å²) in [4.78, 5) is 7.53. The Morgan fingerprint density at radius 1 is 1.40 bits per heavy atom. The fourth-order valence-electron chi connectivity index (χ4n) is 0.813. The zero-order chi connectivity index (χ0) is 6.97. The molecule has 50 valence electrons. The molecule has 2 rings (SSSR count). The van der Waals surface area contributed by atoms with Crippen LogP contribution in [0, 0.1) is 0 Å². The number of nitrogens with zero attached hydrogens (tertiary/aromatic N) is 3. The molecule has 0 saturated heterocycles. The SMILES string of the molecule is Oc1cn2cncc2cn1. The van der Waals surface area contributed by atoms with Crippen molar-refractivity contribution in [2.75, 3.05) is 0 Å². The highest BCUT2D eigenvalue weighted by atomic mass is 16.3. The molecule has 0 aromatic carbocycles. The topological polar surface area (TPSA) is 50.4 Å². The Bertz CT molecular complexity index is 355. The monoisotopic (exact) mass is 135 g/mol. The van der Waals surface area contributed by atoms with Crippen molar-refractivity contribution in [3.05, 3.63) is 24.9 Å². The number of imidazole rings is 1. The number of aromatic nitrogens is 3. The highest BCUT2D eigenvalue weighted by molar-refractivity contribution is 5.42. The van der Waals surface area contributed by atoms with E-state index in [0.717, 1.165) is 5.52 Å². The Morgan fingerprint density at radius 2 is 2.30 bits per heavy atom. The molecule has 4 heteroatoms. The molecule has 0 aliphatic heterocycles. The third-order valence-electron chi connectivity index (χ3n) is 1.28. The average molecular weight is 135 g/mol. The zero-order valence-electron chi connectivity index (χ0n) is 5.10. The van der Waals surface area contributed by atoms with Gasteiger partial charge in [0.05, 0.1) is 30.4 Å². The Balaban J connectivity index is 2.86. The molecule has 0 spiro atoms. The first-order chi connectivity index (χ1) is 4.86. The van der Waals surface area contributed by atoms with Gasteiger partial charge in [-0.15, -0.1) is 0 Å². The van der Waals surface area contributed by atoms with Crippen molar-refractivity contribution in [2.24, 2.45) is 0 Å². The minimum atomic E-state index is 0.00509. The lowest BCUT2D eigenvalue weighted by molar-refractivity contribution is 0.450. The van der Waals surface area contributed by atoms with Crippen LogP contribution < -0.4 is 0 Å². The number of rotatable bonds is 0. The molecule has 0 radical (unpaired) electrons. The summed E-state index contributed by atoms with van der Waals surface area (Å²) in [6.07, 6.45) is 6.34. The molecular formula is C6H5N3O. The average Bonchev–Trinajstić information content (AvgIpc) is 2.33. The van der Waals surface area contributed by atoms with Crippen LogP contribution in [0.25, 0.3) is 5.52 Å². The third kappa shape index (κ3) is 0.621. The fraction of sp³-hybridized carbons (Fsp3) is 0. The normalized spacial score (nSPS) is 10.4. The summed E-state index contributed by atoms with van der Waals surface area (Å²) in [5.41, 5.74) is 0.873. The summed E-state index contributed by atoms with van der Waals surface area (Å²) in [6.45, 7) is 0. The van der Waals surface area contributed by atoms with Gasteiger partial charge in [-0.2, -0.15) is 0 Å². The van der Waals surface area contributed by atoms with Crippen LogP contribution in [0.1, 0.15) is 0 Å². The van der Waals surface area contributed by atoms with E-state index in [1.54, 1.807) is 23.1 Å². The van der Waals surface area contributed by atoms with E-state index < -0.39 is 0 Å². The predicted octanol–water partition coefficient (Wildman–Crippen LogP) is 0.435. The van der Waals surface area contributed by atoms with E-state index in [1.807, 2.05) is 0 Å². The van der Waals surface area contributed by atoms with Crippen molar-refractivity contribution < 1.29 is 5.11 Å². The van der Waals surface area contributed by atoms with Gasteiger partial charge in [-0.1, -0.05) is 0 Å². The van der Waals surface area contributed by atoms with E-state index >= 15 is 0 Å². The Labute approximate surface area is 56.8 Å². The van der Waals surface area contributed by atoms with Crippen LogP contribution in [0.5, 0.6) is 5.88 Å². The highest BCUT2D eigenvalue weighted by Crippen LogP contribution is 2.05. The number of fused-ring (bicyclic) bond motifs is 1. The van der Waals surface area contributed by atoms with Crippen LogP contribution in [-0.4, -0.2) is 19.5 Å².